The third-order valence-electron chi connectivity index (χ3n) is 2.04. The Kier molecular flexibility index (Phi) is 1.24. The summed E-state index contributed by atoms with van der Waals surface area (Å²) < 4.78 is 7.21. The maximum Gasteiger partial charge on any atom is 0.212 e. The predicted molar refractivity (Wildman–Crippen MR) is 44.2 cm³/mol. The zero-order valence-corrected chi connectivity index (χ0v) is 7.17. The van der Waals surface area contributed by atoms with Crippen LogP contribution in [0.2, 0.25) is 0 Å². The molecule has 0 N–H and O–H groups in total. The second-order valence-corrected chi connectivity index (χ2v) is 3.55. The van der Waals surface area contributed by atoms with Crippen LogP contribution in [0.4, 0.5) is 0 Å². The Morgan fingerprint density at radius 3 is 3.58 bits per heavy atom. The molecule has 0 aromatic carbocycles. The van der Waals surface area contributed by atoms with Crippen molar-refractivity contribution in [1.82, 2.24) is 14.6 Å². The van der Waals surface area contributed by atoms with Crippen LogP contribution in [0.25, 0.3) is 4.96 Å². The highest BCUT2D eigenvalue weighted by Gasteiger charge is 2.17. The highest BCUT2D eigenvalue weighted by atomic mass is 32.1. The van der Waals surface area contributed by atoms with Crippen molar-refractivity contribution in [2.45, 2.75) is 13.0 Å². The van der Waals surface area contributed by atoms with Crippen molar-refractivity contribution < 1.29 is 4.74 Å². The summed E-state index contributed by atoms with van der Waals surface area (Å²) in [6.45, 7) is 1.44. The van der Waals surface area contributed by atoms with Crippen molar-refractivity contribution in [1.29, 1.82) is 0 Å². The van der Waals surface area contributed by atoms with Gasteiger partial charge in [0.15, 0.2) is 0 Å². The molecule has 0 fully saturated rings. The molecule has 62 valence electrons. The highest BCUT2D eigenvalue weighted by Crippen LogP contribution is 2.19. The first-order chi connectivity index (χ1) is 5.95. The van der Waals surface area contributed by atoms with E-state index in [0.29, 0.717) is 6.61 Å². The molecule has 3 rings (SSSR count). The Hall–Kier alpha value is -0.940. The van der Waals surface area contributed by atoms with Gasteiger partial charge in [0.25, 0.3) is 0 Å². The number of nitrogens with zero attached hydrogens (tertiary/aromatic N) is 3. The largest absolute Gasteiger partial charge is 0.375 e. The standard InChI is InChI=1S/C7H7N3OS/c1-2-11-3-6-5(1)9-7-10(6)8-4-12-7/h4H,1-3H2. The van der Waals surface area contributed by atoms with E-state index in [0.717, 1.165) is 29.4 Å². The summed E-state index contributed by atoms with van der Waals surface area (Å²) in [5, 5.41) is 4.18. The molecule has 0 saturated carbocycles. The number of fused-ring (bicyclic) bond motifs is 3. The lowest BCUT2D eigenvalue weighted by Gasteiger charge is -2.09. The molecule has 0 spiro atoms. The third kappa shape index (κ3) is 0.748. The van der Waals surface area contributed by atoms with E-state index in [9.17, 15) is 0 Å². The molecule has 0 aliphatic carbocycles. The van der Waals surface area contributed by atoms with Gasteiger partial charge in [0.1, 0.15) is 5.51 Å². The van der Waals surface area contributed by atoms with Crippen LogP contribution in [0, 0.1) is 0 Å². The summed E-state index contributed by atoms with van der Waals surface area (Å²) in [6.07, 6.45) is 0.922. The summed E-state index contributed by atoms with van der Waals surface area (Å²) in [7, 11) is 0. The number of imidazole rings is 1. The Morgan fingerprint density at radius 2 is 2.58 bits per heavy atom. The second kappa shape index (κ2) is 2.27. The first kappa shape index (κ1) is 6.56. The Balaban J connectivity index is 2.34. The molecule has 0 atom stereocenters. The molecule has 1 aliphatic rings. The van der Waals surface area contributed by atoms with E-state index in [1.54, 1.807) is 16.8 Å². The second-order valence-electron chi connectivity index (χ2n) is 2.74. The van der Waals surface area contributed by atoms with E-state index in [2.05, 4.69) is 10.1 Å². The van der Waals surface area contributed by atoms with E-state index < -0.39 is 0 Å². The van der Waals surface area contributed by atoms with Gasteiger partial charge in [-0.15, -0.1) is 0 Å². The fourth-order valence-corrected chi connectivity index (χ4v) is 2.12. The smallest absolute Gasteiger partial charge is 0.212 e. The van der Waals surface area contributed by atoms with Gasteiger partial charge in [0, 0.05) is 6.42 Å². The van der Waals surface area contributed by atoms with Gasteiger partial charge < -0.3 is 4.74 Å². The van der Waals surface area contributed by atoms with Crippen LogP contribution in [-0.2, 0) is 17.8 Å². The molecule has 5 heteroatoms. The van der Waals surface area contributed by atoms with Gasteiger partial charge in [0.2, 0.25) is 4.96 Å². The van der Waals surface area contributed by atoms with Crippen LogP contribution in [0.5, 0.6) is 0 Å². The van der Waals surface area contributed by atoms with Crippen molar-refractivity contribution >= 4 is 16.3 Å². The molecule has 3 heterocycles. The van der Waals surface area contributed by atoms with Crippen molar-refractivity contribution in [2.24, 2.45) is 0 Å². The Labute approximate surface area is 72.8 Å². The Morgan fingerprint density at radius 1 is 1.58 bits per heavy atom. The molecule has 0 bridgehead atoms. The first-order valence-electron chi connectivity index (χ1n) is 3.83. The van der Waals surface area contributed by atoms with Gasteiger partial charge in [-0.05, 0) is 0 Å². The maximum absolute atomic E-state index is 5.34. The van der Waals surface area contributed by atoms with Gasteiger partial charge in [0.05, 0.1) is 24.6 Å². The minimum Gasteiger partial charge on any atom is -0.375 e. The molecule has 2 aromatic heterocycles. The van der Waals surface area contributed by atoms with E-state index in [4.69, 9.17) is 4.74 Å². The van der Waals surface area contributed by atoms with Crippen LogP contribution in [0.1, 0.15) is 11.4 Å². The van der Waals surface area contributed by atoms with Crippen LogP contribution in [-0.4, -0.2) is 21.2 Å². The van der Waals surface area contributed by atoms with Crippen molar-refractivity contribution in [2.75, 3.05) is 6.61 Å². The van der Waals surface area contributed by atoms with Crippen LogP contribution in [0.3, 0.4) is 0 Å². The molecule has 1 aliphatic heterocycles. The van der Waals surface area contributed by atoms with Crippen LogP contribution >= 0.6 is 11.3 Å². The summed E-state index contributed by atoms with van der Waals surface area (Å²) >= 11 is 1.57. The molecule has 2 aromatic rings. The van der Waals surface area contributed by atoms with Gasteiger partial charge in [-0.25, -0.2) is 9.50 Å². The zero-order chi connectivity index (χ0) is 7.97. The number of hydrogen-bond donors (Lipinski definition) is 0. The minimum absolute atomic E-state index is 0.653. The average molecular weight is 181 g/mol. The van der Waals surface area contributed by atoms with Crippen molar-refractivity contribution in [3.63, 3.8) is 0 Å². The molecule has 12 heavy (non-hydrogen) atoms. The summed E-state index contributed by atoms with van der Waals surface area (Å²) in [5.41, 5.74) is 4.08. The van der Waals surface area contributed by atoms with Crippen molar-refractivity contribution in [3.05, 3.63) is 16.9 Å². The lowest BCUT2D eigenvalue weighted by atomic mass is 10.2. The molecule has 0 radical (unpaired) electrons. The van der Waals surface area contributed by atoms with E-state index in [-0.39, 0.29) is 0 Å². The van der Waals surface area contributed by atoms with Crippen LogP contribution in [0.15, 0.2) is 5.51 Å². The molecule has 0 amide bonds. The van der Waals surface area contributed by atoms with Crippen LogP contribution < -0.4 is 0 Å². The van der Waals surface area contributed by atoms with E-state index in [1.807, 2.05) is 4.52 Å². The first-order valence-corrected chi connectivity index (χ1v) is 4.71. The predicted octanol–water partition coefficient (Wildman–Crippen LogP) is 0.863. The molecular formula is C7H7N3OS. The van der Waals surface area contributed by atoms with Gasteiger partial charge in [-0.1, -0.05) is 11.3 Å². The number of ether oxygens (including phenoxy) is 1. The van der Waals surface area contributed by atoms with Gasteiger partial charge in [-0.2, -0.15) is 5.10 Å². The van der Waals surface area contributed by atoms with E-state index in [1.165, 1.54) is 0 Å². The summed E-state index contributed by atoms with van der Waals surface area (Å²) in [4.78, 5) is 5.43. The van der Waals surface area contributed by atoms with Crippen molar-refractivity contribution in [3.8, 4) is 0 Å². The number of hydrogen-bond acceptors (Lipinski definition) is 4. The molecular weight excluding hydrogens is 174 g/mol. The highest BCUT2D eigenvalue weighted by molar-refractivity contribution is 7.14. The zero-order valence-electron chi connectivity index (χ0n) is 6.36. The number of aromatic nitrogens is 3. The fraction of sp³-hybridized carbons (Fsp3) is 0.429. The molecule has 4 nitrogen and oxygen atoms in total. The minimum atomic E-state index is 0.653. The summed E-state index contributed by atoms with van der Waals surface area (Å²) in [5.74, 6) is 0. The fourth-order valence-electron chi connectivity index (χ4n) is 1.46. The molecule has 0 unspecified atom stereocenters. The molecule has 0 saturated heterocycles. The third-order valence-corrected chi connectivity index (χ3v) is 2.72. The average Bonchev–Trinajstić information content (AvgIpc) is 2.62. The van der Waals surface area contributed by atoms with E-state index >= 15 is 0 Å². The summed E-state index contributed by atoms with van der Waals surface area (Å²) in [6, 6.07) is 0. The SMILES string of the molecule is c1nn2c3c(nc2s1)CCOC3. The Bertz CT molecular complexity index is 419. The lowest BCUT2D eigenvalue weighted by Crippen LogP contribution is -2.10. The monoisotopic (exact) mass is 181 g/mol. The van der Waals surface area contributed by atoms with Gasteiger partial charge in [-0.3, -0.25) is 0 Å². The number of rotatable bonds is 0. The van der Waals surface area contributed by atoms with Gasteiger partial charge >= 0.3 is 0 Å². The maximum atomic E-state index is 5.34. The normalized spacial score (nSPS) is 16.7. The quantitative estimate of drug-likeness (QED) is 0.605. The lowest BCUT2D eigenvalue weighted by molar-refractivity contribution is 0.105. The topological polar surface area (TPSA) is 39.4 Å².